The van der Waals surface area contributed by atoms with Gasteiger partial charge in [0.1, 0.15) is 5.75 Å². The number of carbonyl (C=O) groups is 1. The van der Waals surface area contributed by atoms with E-state index < -0.39 is 22.5 Å². The molecule has 0 unspecified atom stereocenters. The van der Waals surface area contributed by atoms with Crippen molar-refractivity contribution in [1.29, 1.82) is 0 Å². The first kappa shape index (κ1) is 23.6. The van der Waals surface area contributed by atoms with Crippen molar-refractivity contribution < 1.29 is 17.9 Å². The topological polar surface area (TPSA) is 105 Å². The van der Waals surface area contributed by atoms with E-state index in [0.717, 1.165) is 54.3 Å². The number of benzene rings is 1. The maximum atomic E-state index is 12.7. The molecule has 0 spiro atoms. The van der Waals surface area contributed by atoms with Gasteiger partial charge in [0.15, 0.2) is 6.61 Å². The number of nitrogens with one attached hydrogen (secondary N) is 2. The third-order valence-electron chi connectivity index (χ3n) is 5.95. The van der Waals surface area contributed by atoms with Gasteiger partial charge in [-0.15, -0.1) is 0 Å². The van der Waals surface area contributed by atoms with E-state index in [1.807, 2.05) is 22.9 Å². The van der Waals surface area contributed by atoms with E-state index in [1.165, 1.54) is 12.8 Å². The van der Waals surface area contributed by atoms with Crippen LogP contribution in [-0.2, 0) is 14.8 Å². The van der Waals surface area contributed by atoms with Crippen molar-refractivity contribution in [3.05, 3.63) is 68.6 Å². The quantitative estimate of drug-likeness (QED) is 0.582. The Labute approximate surface area is 198 Å². The molecule has 1 aromatic heterocycles. The SMILES string of the molecule is CS(=O)(=O)NC(=O)COc1ccc(/C(=C\C2CCCC2)c2ccc(C3CC3)c(=O)[nH]2)cc1Cl. The lowest BCUT2D eigenvalue weighted by atomic mass is 9.95. The summed E-state index contributed by atoms with van der Waals surface area (Å²) in [5, 5.41) is 0.286. The molecule has 0 atom stereocenters. The molecule has 33 heavy (non-hydrogen) atoms. The summed E-state index contributed by atoms with van der Waals surface area (Å²) >= 11 is 6.43. The first-order valence-electron chi connectivity index (χ1n) is 11.1. The number of H-pyrrole nitrogens is 1. The molecule has 2 N–H and O–H groups in total. The van der Waals surface area contributed by atoms with Crippen LogP contribution in [0.2, 0.25) is 5.02 Å². The van der Waals surface area contributed by atoms with Crippen LogP contribution in [0.3, 0.4) is 0 Å². The smallest absolute Gasteiger partial charge is 0.271 e. The maximum absolute atomic E-state index is 12.7. The van der Waals surface area contributed by atoms with Gasteiger partial charge in [0.05, 0.1) is 11.3 Å². The van der Waals surface area contributed by atoms with Crippen LogP contribution in [0.5, 0.6) is 5.75 Å². The largest absolute Gasteiger partial charge is 0.482 e. The van der Waals surface area contributed by atoms with E-state index in [4.69, 9.17) is 16.3 Å². The Morgan fingerprint density at radius 1 is 1.18 bits per heavy atom. The summed E-state index contributed by atoms with van der Waals surface area (Å²) in [5.41, 5.74) is 3.27. The van der Waals surface area contributed by atoms with Crippen molar-refractivity contribution in [3.63, 3.8) is 0 Å². The molecule has 2 aromatic rings. The summed E-state index contributed by atoms with van der Waals surface area (Å²) in [6.07, 6.45) is 9.83. The highest BCUT2D eigenvalue weighted by Crippen LogP contribution is 2.39. The highest BCUT2D eigenvalue weighted by molar-refractivity contribution is 7.89. The number of rotatable bonds is 8. The Bertz CT molecular complexity index is 1240. The van der Waals surface area contributed by atoms with E-state index in [1.54, 1.807) is 12.1 Å². The lowest BCUT2D eigenvalue weighted by Crippen LogP contribution is -2.33. The van der Waals surface area contributed by atoms with Gasteiger partial charge in [-0.05, 0) is 61.3 Å². The minimum absolute atomic E-state index is 0.0461. The molecular weight excluding hydrogens is 464 g/mol. The normalized spacial score (nSPS) is 17.2. The van der Waals surface area contributed by atoms with Crippen LogP contribution in [-0.4, -0.2) is 32.2 Å². The van der Waals surface area contributed by atoms with Gasteiger partial charge < -0.3 is 9.72 Å². The van der Waals surface area contributed by atoms with Crippen LogP contribution < -0.4 is 15.0 Å². The summed E-state index contributed by atoms with van der Waals surface area (Å²) in [6, 6.07) is 9.09. The minimum atomic E-state index is -3.66. The Hall–Kier alpha value is -2.58. The van der Waals surface area contributed by atoms with Crippen LogP contribution in [0.1, 0.15) is 61.3 Å². The first-order chi connectivity index (χ1) is 15.7. The Morgan fingerprint density at radius 3 is 2.52 bits per heavy atom. The van der Waals surface area contributed by atoms with Crippen molar-refractivity contribution >= 4 is 33.1 Å². The van der Waals surface area contributed by atoms with Crippen LogP contribution in [0.4, 0.5) is 0 Å². The van der Waals surface area contributed by atoms with E-state index in [2.05, 4.69) is 11.1 Å². The second-order valence-corrected chi connectivity index (χ2v) is 10.9. The van der Waals surface area contributed by atoms with Crippen molar-refractivity contribution in [1.82, 2.24) is 9.71 Å². The van der Waals surface area contributed by atoms with Gasteiger partial charge in [0, 0.05) is 16.8 Å². The zero-order valence-electron chi connectivity index (χ0n) is 18.4. The molecule has 2 aliphatic carbocycles. The number of pyridine rings is 1. The number of halogens is 1. The van der Waals surface area contributed by atoms with Gasteiger partial charge in [-0.25, -0.2) is 8.42 Å². The van der Waals surface area contributed by atoms with Gasteiger partial charge in [0.2, 0.25) is 10.0 Å². The summed E-state index contributed by atoms with van der Waals surface area (Å²) in [5.74, 6) is 0.284. The van der Waals surface area contributed by atoms with Crippen LogP contribution in [0.25, 0.3) is 5.57 Å². The molecule has 2 saturated carbocycles. The lowest BCUT2D eigenvalue weighted by Gasteiger charge is -2.14. The fourth-order valence-corrected chi connectivity index (χ4v) is 4.93. The maximum Gasteiger partial charge on any atom is 0.271 e. The molecule has 0 saturated heterocycles. The Morgan fingerprint density at radius 2 is 1.91 bits per heavy atom. The van der Waals surface area contributed by atoms with Crippen LogP contribution in [0, 0.1) is 5.92 Å². The zero-order valence-corrected chi connectivity index (χ0v) is 20.0. The molecular formula is C24H27ClN2O5S. The Balaban J connectivity index is 1.59. The standard InChI is InChI=1S/C24H27ClN2O5S/c1-33(30,31)27-23(28)14-32-22-11-8-17(13-20(22)25)19(12-15-4-2-3-5-15)21-10-9-18(16-6-7-16)24(29)26-21/h8-13,15-16H,2-7,14H2,1H3,(H,26,29)(H,27,28)/b19-12+. The van der Waals surface area contributed by atoms with E-state index >= 15 is 0 Å². The van der Waals surface area contributed by atoms with Crippen molar-refractivity contribution in [2.24, 2.45) is 5.92 Å². The van der Waals surface area contributed by atoms with E-state index in [-0.39, 0.29) is 16.3 Å². The summed E-state index contributed by atoms with van der Waals surface area (Å²) in [7, 11) is -3.66. The van der Waals surface area contributed by atoms with E-state index in [9.17, 15) is 18.0 Å². The van der Waals surface area contributed by atoms with Crippen LogP contribution in [0.15, 0.2) is 41.2 Å². The number of hydrogen-bond acceptors (Lipinski definition) is 5. The molecule has 2 aliphatic rings. The zero-order chi connectivity index (χ0) is 23.6. The molecule has 0 radical (unpaired) electrons. The summed E-state index contributed by atoms with van der Waals surface area (Å²) in [4.78, 5) is 27.4. The van der Waals surface area contributed by atoms with Gasteiger partial charge in [-0.2, -0.15) is 0 Å². The van der Waals surface area contributed by atoms with Gasteiger partial charge >= 0.3 is 0 Å². The number of aromatic amines is 1. The second-order valence-electron chi connectivity index (χ2n) is 8.79. The monoisotopic (exact) mass is 490 g/mol. The molecule has 9 heteroatoms. The number of ether oxygens (including phenoxy) is 1. The Kier molecular flexibility index (Phi) is 6.95. The number of amides is 1. The van der Waals surface area contributed by atoms with Gasteiger partial charge in [0.25, 0.3) is 11.5 Å². The second kappa shape index (κ2) is 9.73. The number of hydrogen-bond donors (Lipinski definition) is 2. The predicted molar refractivity (Wildman–Crippen MR) is 128 cm³/mol. The lowest BCUT2D eigenvalue weighted by molar-refractivity contribution is -0.121. The van der Waals surface area contributed by atoms with Crippen LogP contribution >= 0.6 is 11.6 Å². The fraction of sp³-hybridized carbons (Fsp3) is 0.417. The number of sulfonamides is 1. The molecule has 1 heterocycles. The predicted octanol–water partition coefficient (Wildman–Crippen LogP) is 3.98. The summed E-state index contributed by atoms with van der Waals surface area (Å²) < 4.78 is 29.6. The van der Waals surface area contributed by atoms with Crippen molar-refractivity contribution in [3.8, 4) is 5.75 Å². The fourth-order valence-electron chi connectivity index (χ4n) is 4.22. The molecule has 2 fully saturated rings. The molecule has 0 aliphatic heterocycles. The van der Waals surface area contributed by atoms with E-state index in [0.29, 0.717) is 11.8 Å². The van der Waals surface area contributed by atoms with Crippen molar-refractivity contribution in [2.45, 2.75) is 44.4 Å². The van der Waals surface area contributed by atoms with Gasteiger partial charge in [-0.3, -0.25) is 14.3 Å². The number of aromatic nitrogens is 1. The van der Waals surface area contributed by atoms with Gasteiger partial charge in [-0.1, -0.05) is 42.7 Å². The molecule has 0 bridgehead atoms. The molecule has 1 aromatic carbocycles. The molecule has 176 valence electrons. The number of carbonyl (C=O) groups excluding carboxylic acids is 1. The highest BCUT2D eigenvalue weighted by Gasteiger charge is 2.26. The third-order valence-corrected chi connectivity index (χ3v) is 6.84. The third kappa shape index (κ3) is 6.26. The molecule has 4 rings (SSSR count). The average Bonchev–Trinajstić information content (AvgIpc) is 3.45. The minimum Gasteiger partial charge on any atom is -0.482 e. The first-order valence-corrected chi connectivity index (χ1v) is 13.4. The summed E-state index contributed by atoms with van der Waals surface area (Å²) in [6.45, 7) is -0.479. The molecule has 7 nitrogen and oxygen atoms in total. The highest BCUT2D eigenvalue weighted by atomic mass is 35.5. The molecule has 1 amide bonds. The van der Waals surface area contributed by atoms with Crippen molar-refractivity contribution in [2.75, 3.05) is 12.9 Å². The number of allylic oxidation sites excluding steroid dienone is 1. The average molecular weight is 491 g/mol.